The van der Waals surface area contributed by atoms with Gasteiger partial charge in [0.2, 0.25) is 0 Å². The number of ether oxygens (including phenoxy) is 2. The van der Waals surface area contributed by atoms with Gasteiger partial charge >= 0.3 is 0 Å². The third-order valence-electron chi connectivity index (χ3n) is 6.12. The molecule has 1 aliphatic heterocycles. The molecule has 4 nitrogen and oxygen atoms in total. The molecule has 1 heterocycles. The minimum atomic E-state index is 0.111. The quantitative estimate of drug-likeness (QED) is 0.544. The van der Waals surface area contributed by atoms with Gasteiger partial charge in [-0.05, 0) is 24.1 Å². The molecule has 0 spiro atoms. The third kappa shape index (κ3) is 4.99. The molecule has 2 N–H and O–H groups in total. The summed E-state index contributed by atoms with van der Waals surface area (Å²) in [5.74, 6) is 1.14. The van der Waals surface area contributed by atoms with E-state index in [-0.39, 0.29) is 24.1 Å². The Morgan fingerprint density at radius 3 is 2.13 bits per heavy atom. The predicted molar refractivity (Wildman–Crippen MR) is 126 cm³/mol. The standard InChI is InChI=1S/C27H32N2O2/c1-3-31-24-19-29-27(26(24)28-18-22-16-10-11-17-23(22)30-2)25(20-12-6-4-7-13-20)21-14-8-5-9-15-21/h4-17,24-29H,3,18-19H2,1-2H3. The highest BCUT2D eigenvalue weighted by atomic mass is 16.5. The Bertz CT molecular complexity index is 893. The number of hydrogen-bond donors (Lipinski definition) is 2. The summed E-state index contributed by atoms with van der Waals surface area (Å²) in [6, 6.07) is 30.1. The van der Waals surface area contributed by atoms with Crippen molar-refractivity contribution in [1.29, 1.82) is 0 Å². The Morgan fingerprint density at radius 2 is 1.52 bits per heavy atom. The van der Waals surface area contributed by atoms with Crippen LogP contribution in [0, 0.1) is 0 Å². The average Bonchev–Trinajstić information content (AvgIpc) is 3.21. The van der Waals surface area contributed by atoms with Gasteiger partial charge in [0.25, 0.3) is 0 Å². The van der Waals surface area contributed by atoms with Crippen molar-refractivity contribution in [3.05, 3.63) is 102 Å². The van der Waals surface area contributed by atoms with Gasteiger partial charge in [-0.3, -0.25) is 0 Å². The fraction of sp³-hybridized carbons (Fsp3) is 0.333. The van der Waals surface area contributed by atoms with Crippen LogP contribution in [0.3, 0.4) is 0 Å². The van der Waals surface area contributed by atoms with Crippen LogP contribution in [0.5, 0.6) is 5.75 Å². The van der Waals surface area contributed by atoms with Gasteiger partial charge < -0.3 is 20.1 Å². The summed E-state index contributed by atoms with van der Waals surface area (Å²) in [6.45, 7) is 4.33. The van der Waals surface area contributed by atoms with Crippen molar-refractivity contribution >= 4 is 0 Å². The summed E-state index contributed by atoms with van der Waals surface area (Å²) in [5.41, 5.74) is 3.78. The summed E-state index contributed by atoms with van der Waals surface area (Å²) in [4.78, 5) is 0. The molecule has 4 heteroatoms. The molecule has 1 aliphatic rings. The van der Waals surface area contributed by atoms with E-state index in [0.717, 1.165) is 24.4 Å². The maximum Gasteiger partial charge on any atom is 0.123 e. The number of methoxy groups -OCH3 is 1. The zero-order chi connectivity index (χ0) is 21.5. The van der Waals surface area contributed by atoms with Crippen LogP contribution < -0.4 is 15.4 Å². The molecule has 0 radical (unpaired) electrons. The average molecular weight is 417 g/mol. The van der Waals surface area contributed by atoms with Crippen molar-refractivity contribution in [3.63, 3.8) is 0 Å². The lowest BCUT2D eigenvalue weighted by molar-refractivity contribution is 0.0538. The molecule has 31 heavy (non-hydrogen) atoms. The Morgan fingerprint density at radius 1 is 0.903 bits per heavy atom. The summed E-state index contributed by atoms with van der Waals surface area (Å²) in [6.07, 6.45) is 0.111. The second-order valence-corrected chi connectivity index (χ2v) is 7.95. The highest BCUT2D eigenvalue weighted by Crippen LogP contribution is 2.33. The van der Waals surface area contributed by atoms with E-state index in [9.17, 15) is 0 Å². The molecular formula is C27H32N2O2. The molecule has 1 fully saturated rings. The first kappa shape index (κ1) is 21.6. The molecule has 3 atom stereocenters. The van der Waals surface area contributed by atoms with Crippen molar-refractivity contribution in [3.8, 4) is 5.75 Å². The number of para-hydroxylation sites is 1. The van der Waals surface area contributed by atoms with Gasteiger partial charge in [-0.15, -0.1) is 0 Å². The van der Waals surface area contributed by atoms with Crippen LogP contribution in [-0.4, -0.2) is 38.4 Å². The van der Waals surface area contributed by atoms with Crippen molar-refractivity contribution in [2.75, 3.05) is 20.3 Å². The smallest absolute Gasteiger partial charge is 0.123 e. The first-order valence-electron chi connectivity index (χ1n) is 11.1. The fourth-order valence-electron chi connectivity index (χ4n) is 4.70. The Hall–Kier alpha value is -2.66. The van der Waals surface area contributed by atoms with Crippen molar-refractivity contribution in [1.82, 2.24) is 10.6 Å². The minimum absolute atomic E-state index is 0.111. The van der Waals surface area contributed by atoms with Crippen LogP contribution >= 0.6 is 0 Å². The molecule has 3 aromatic rings. The summed E-state index contributed by atoms with van der Waals surface area (Å²) >= 11 is 0. The Labute approximate surface area is 185 Å². The van der Waals surface area contributed by atoms with Crippen LogP contribution in [0.2, 0.25) is 0 Å². The monoisotopic (exact) mass is 416 g/mol. The molecule has 3 aromatic carbocycles. The van der Waals surface area contributed by atoms with Gasteiger partial charge in [0.05, 0.1) is 19.3 Å². The zero-order valence-corrected chi connectivity index (χ0v) is 18.3. The molecule has 1 saturated heterocycles. The molecule has 0 bridgehead atoms. The predicted octanol–water partition coefficient (Wildman–Crippen LogP) is 4.36. The van der Waals surface area contributed by atoms with E-state index in [2.05, 4.69) is 90.4 Å². The van der Waals surface area contributed by atoms with Gasteiger partial charge in [-0.25, -0.2) is 0 Å². The molecule has 0 aliphatic carbocycles. The second-order valence-electron chi connectivity index (χ2n) is 7.95. The number of benzene rings is 3. The van der Waals surface area contributed by atoms with Gasteiger partial charge in [0.15, 0.2) is 0 Å². The highest BCUT2D eigenvalue weighted by Gasteiger charge is 2.41. The highest BCUT2D eigenvalue weighted by molar-refractivity contribution is 5.37. The molecule has 4 rings (SSSR count). The maximum atomic E-state index is 6.16. The Kier molecular flexibility index (Phi) is 7.36. The lowest BCUT2D eigenvalue weighted by Crippen LogP contribution is -2.48. The molecule has 0 amide bonds. The third-order valence-corrected chi connectivity index (χ3v) is 6.12. The maximum absolute atomic E-state index is 6.16. The Balaban J connectivity index is 1.64. The van der Waals surface area contributed by atoms with E-state index in [4.69, 9.17) is 9.47 Å². The molecule has 0 saturated carbocycles. The van der Waals surface area contributed by atoms with E-state index in [1.807, 2.05) is 12.1 Å². The minimum Gasteiger partial charge on any atom is -0.496 e. The number of hydrogen-bond acceptors (Lipinski definition) is 4. The van der Waals surface area contributed by atoms with E-state index >= 15 is 0 Å². The number of nitrogens with one attached hydrogen (secondary N) is 2. The van der Waals surface area contributed by atoms with E-state index in [1.54, 1.807) is 7.11 Å². The van der Waals surface area contributed by atoms with Gasteiger partial charge in [-0.2, -0.15) is 0 Å². The van der Waals surface area contributed by atoms with Crippen LogP contribution in [-0.2, 0) is 11.3 Å². The molecule has 3 unspecified atom stereocenters. The van der Waals surface area contributed by atoms with Crippen LogP contribution in [0.25, 0.3) is 0 Å². The van der Waals surface area contributed by atoms with Crippen LogP contribution in [0.4, 0.5) is 0 Å². The van der Waals surface area contributed by atoms with E-state index in [0.29, 0.717) is 6.61 Å². The van der Waals surface area contributed by atoms with Crippen LogP contribution in [0.15, 0.2) is 84.9 Å². The second kappa shape index (κ2) is 10.6. The summed E-state index contributed by atoms with van der Waals surface area (Å²) < 4.78 is 11.7. The first-order chi connectivity index (χ1) is 15.3. The van der Waals surface area contributed by atoms with Crippen molar-refractivity contribution in [2.45, 2.75) is 37.6 Å². The fourth-order valence-corrected chi connectivity index (χ4v) is 4.70. The summed E-state index contributed by atoms with van der Waals surface area (Å²) in [5, 5.41) is 7.59. The largest absolute Gasteiger partial charge is 0.496 e. The van der Waals surface area contributed by atoms with Gasteiger partial charge in [-0.1, -0.05) is 78.9 Å². The van der Waals surface area contributed by atoms with E-state index in [1.165, 1.54) is 11.1 Å². The lowest BCUT2D eigenvalue weighted by Gasteiger charge is -2.32. The number of rotatable bonds is 9. The topological polar surface area (TPSA) is 42.5 Å². The molecule has 162 valence electrons. The summed E-state index contributed by atoms with van der Waals surface area (Å²) in [7, 11) is 1.72. The lowest BCUT2D eigenvalue weighted by atomic mass is 9.82. The first-order valence-corrected chi connectivity index (χ1v) is 11.1. The zero-order valence-electron chi connectivity index (χ0n) is 18.3. The van der Waals surface area contributed by atoms with Gasteiger partial charge in [0, 0.05) is 37.2 Å². The normalized spacial score (nSPS) is 20.8. The van der Waals surface area contributed by atoms with Crippen LogP contribution in [0.1, 0.15) is 29.5 Å². The van der Waals surface area contributed by atoms with E-state index < -0.39 is 0 Å². The van der Waals surface area contributed by atoms with Crippen molar-refractivity contribution in [2.24, 2.45) is 0 Å². The molecular weight excluding hydrogens is 384 g/mol. The van der Waals surface area contributed by atoms with Gasteiger partial charge in [0.1, 0.15) is 5.75 Å². The SMILES string of the molecule is CCOC1CNC(C(c2ccccc2)c2ccccc2)C1NCc1ccccc1OC. The molecule has 0 aromatic heterocycles. The van der Waals surface area contributed by atoms with Crippen molar-refractivity contribution < 1.29 is 9.47 Å².